The van der Waals surface area contributed by atoms with E-state index in [-0.39, 0.29) is 6.79 Å². The number of aromatic nitrogens is 3. The summed E-state index contributed by atoms with van der Waals surface area (Å²) in [5, 5.41) is 11.6. The first-order valence-electron chi connectivity index (χ1n) is 7.13. The SMILES string of the molecule is c1cc2c(cc1-n1nncc1CN1CCNCC1)OCO2. The lowest BCUT2D eigenvalue weighted by atomic mass is 10.2. The van der Waals surface area contributed by atoms with E-state index in [1.165, 1.54) is 0 Å². The molecule has 0 bridgehead atoms. The smallest absolute Gasteiger partial charge is 0.231 e. The van der Waals surface area contributed by atoms with Gasteiger partial charge in [-0.2, -0.15) is 0 Å². The third-order valence-electron chi connectivity index (χ3n) is 3.82. The van der Waals surface area contributed by atoms with Gasteiger partial charge in [0, 0.05) is 38.8 Å². The van der Waals surface area contributed by atoms with E-state index in [1.807, 2.05) is 29.1 Å². The number of nitrogens with one attached hydrogen (secondary N) is 1. The number of nitrogens with zero attached hydrogens (tertiary/aromatic N) is 4. The summed E-state index contributed by atoms with van der Waals surface area (Å²) >= 11 is 0. The van der Waals surface area contributed by atoms with Gasteiger partial charge in [-0.25, -0.2) is 4.68 Å². The second-order valence-corrected chi connectivity index (χ2v) is 5.20. The van der Waals surface area contributed by atoms with Gasteiger partial charge in [-0.05, 0) is 12.1 Å². The maximum absolute atomic E-state index is 5.42. The quantitative estimate of drug-likeness (QED) is 0.881. The van der Waals surface area contributed by atoms with Gasteiger partial charge >= 0.3 is 0 Å². The van der Waals surface area contributed by atoms with Crippen molar-refractivity contribution in [3.63, 3.8) is 0 Å². The van der Waals surface area contributed by atoms with E-state index in [0.29, 0.717) is 0 Å². The van der Waals surface area contributed by atoms with Crippen LogP contribution in [-0.2, 0) is 6.54 Å². The molecule has 1 N–H and O–H groups in total. The van der Waals surface area contributed by atoms with Gasteiger partial charge in [0.25, 0.3) is 0 Å². The number of benzene rings is 1. The van der Waals surface area contributed by atoms with Crippen LogP contribution in [0.5, 0.6) is 11.5 Å². The molecule has 1 aromatic carbocycles. The Labute approximate surface area is 122 Å². The average Bonchev–Trinajstić information content (AvgIpc) is 3.16. The first-order valence-corrected chi connectivity index (χ1v) is 7.13. The number of rotatable bonds is 3. The molecule has 1 fully saturated rings. The van der Waals surface area contributed by atoms with Gasteiger partial charge in [0.2, 0.25) is 6.79 Å². The number of hydrogen-bond acceptors (Lipinski definition) is 6. The monoisotopic (exact) mass is 287 g/mol. The van der Waals surface area contributed by atoms with E-state index in [9.17, 15) is 0 Å². The van der Waals surface area contributed by atoms with E-state index < -0.39 is 0 Å². The fourth-order valence-electron chi connectivity index (χ4n) is 2.70. The molecule has 0 radical (unpaired) electrons. The number of hydrogen-bond donors (Lipinski definition) is 1. The van der Waals surface area contributed by atoms with Gasteiger partial charge < -0.3 is 14.8 Å². The van der Waals surface area contributed by atoms with Gasteiger partial charge in [-0.15, -0.1) is 5.10 Å². The molecule has 0 spiro atoms. The summed E-state index contributed by atoms with van der Waals surface area (Å²) in [6, 6.07) is 5.83. The topological polar surface area (TPSA) is 64.4 Å². The molecule has 0 amide bonds. The lowest BCUT2D eigenvalue weighted by Gasteiger charge is -2.26. The summed E-state index contributed by atoms with van der Waals surface area (Å²) in [5.41, 5.74) is 2.03. The summed E-state index contributed by atoms with van der Waals surface area (Å²) in [4.78, 5) is 2.40. The zero-order valence-electron chi connectivity index (χ0n) is 11.7. The molecular weight excluding hydrogens is 270 g/mol. The summed E-state index contributed by atoms with van der Waals surface area (Å²) in [6.45, 7) is 5.29. The molecule has 3 heterocycles. The predicted molar refractivity (Wildman–Crippen MR) is 75.6 cm³/mol. The summed E-state index contributed by atoms with van der Waals surface area (Å²) in [5.74, 6) is 1.54. The van der Waals surface area contributed by atoms with Crippen LogP contribution in [0.1, 0.15) is 5.69 Å². The molecular formula is C14H17N5O2. The molecule has 1 aromatic heterocycles. The van der Waals surface area contributed by atoms with Crippen molar-refractivity contribution < 1.29 is 9.47 Å². The summed E-state index contributed by atoms with van der Waals surface area (Å²) < 4.78 is 12.6. The first kappa shape index (κ1) is 12.6. The number of piperazine rings is 1. The number of ether oxygens (including phenoxy) is 2. The maximum atomic E-state index is 5.42. The minimum absolute atomic E-state index is 0.282. The molecule has 21 heavy (non-hydrogen) atoms. The largest absolute Gasteiger partial charge is 0.454 e. The highest BCUT2D eigenvalue weighted by Crippen LogP contribution is 2.33. The minimum Gasteiger partial charge on any atom is -0.454 e. The molecule has 0 aliphatic carbocycles. The van der Waals surface area contributed by atoms with Gasteiger partial charge in [0.05, 0.1) is 17.6 Å². The van der Waals surface area contributed by atoms with Crippen LogP contribution in [0.25, 0.3) is 5.69 Å². The Kier molecular flexibility index (Phi) is 3.21. The molecule has 4 rings (SSSR count). The van der Waals surface area contributed by atoms with Crippen LogP contribution < -0.4 is 14.8 Å². The highest BCUT2D eigenvalue weighted by atomic mass is 16.7. The maximum Gasteiger partial charge on any atom is 0.231 e. The van der Waals surface area contributed by atoms with Crippen molar-refractivity contribution in [2.24, 2.45) is 0 Å². The Morgan fingerprint density at radius 2 is 2.00 bits per heavy atom. The zero-order valence-corrected chi connectivity index (χ0v) is 11.7. The molecule has 2 aromatic rings. The van der Waals surface area contributed by atoms with Crippen molar-refractivity contribution in [3.05, 3.63) is 30.1 Å². The first-order chi connectivity index (χ1) is 10.4. The van der Waals surface area contributed by atoms with Gasteiger partial charge in [0.1, 0.15) is 0 Å². The Balaban J connectivity index is 1.59. The lowest BCUT2D eigenvalue weighted by molar-refractivity contribution is 0.174. The second-order valence-electron chi connectivity index (χ2n) is 5.20. The molecule has 2 aliphatic rings. The second kappa shape index (κ2) is 5.34. The van der Waals surface area contributed by atoms with Crippen LogP contribution in [0.15, 0.2) is 24.4 Å². The van der Waals surface area contributed by atoms with Crippen molar-refractivity contribution in [2.45, 2.75) is 6.54 Å². The van der Waals surface area contributed by atoms with E-state index in [0.717, 1.165) is 55.6 Å². The van der Waals surface area contributed by atoms with Crippen molar-refractivity contribution >= 4 is 0 Å². The minimum atomic E-state index is 0.282. The predicted octanol–water partition coefficient (Wildman–Crippen LogP) is 0.401. The van der Waals surface area contributed by atoms with E-state index >= 15 is 0 Å². The van der Waals surface area contributed by atoms with Gasteiger partial charge in [0.15, 0.2) is 11.5 Å². The summed E-state index contributed by atoms with van der Waals surface area (Å²) in [7, 11) is 0. The third-order valence-corrected chi connectivity index (χ3v) is 3.82. The molecule has 0 saturated carbocycles. The van der Waals surface area contributed by atoms with Crippen LogP contribution >= 0.6 is 0 Å². The fourth-order valence-corrected chi connectivity index (χ4v) is 2.70. The van der Waals surface area contributed by atoms with Crippen molar-refractivity contribution in [3.8, 4) is 17.2 Å². The molecule has 7 nitrogen and oxygen atoms in total. The molecule has 110 valence electrons. The van der Waals surface area contributed by atoms with Crippen molar-refractivity contribution in [2.75, 3.05) is 33.0 Å². The van der Waals surface area contributed by atoms with Crippen LogP contribution in [-0.4, -0.2) is 52.9 Å². The van der Waals surface area contributed by atoms with E-state index in [4.69, 9.17) is 9.47 Å². The van der Waals surface area contributed by atoms with Crippen LogP contribution in [0.3, 0.4) is 0 Å². The molecule has 0 atom stereocenters. The normalized spacial score (nSPS) is 18.1. The third kappa shape index (κ3) is 2.45. The van der Waals surface area contributed by atoms with Gasteiger partial charge in [-0.1, -0.05) is 5.21 Å². The molecule has 0 unspecified atom stereocenters. The Morgan fingerprint density at radius 1 is 1.14 bits per heavy atom. The molecule has 1 saturated heterocycles. The van der Waals surface area contributed by atoms with Gasteiger partial charge in [-0.3, -0.25) is 4.90 Å². The fraction of sp³-hybridized carbons (Fsp3) is 0.429. The zero-order chi connectivity index (χ0) is 14.1. The summed E-state index contributed by atoms with van der Waals surface area (Å²) in [6.07, 6.45) is 1.83. The molecule has 2 aliphatic heterocycles. The van der Waals surface area contributed by atoms with Crippen molar-refractivity contribution in [1.29, 1.82) is 0 Å². The van der Waals surface area contributed by atoms with Crippen LogP contribution in [0.4, 0.5) is 0 Å². The number of fused-ring (bicyclic) bond motifs is 1. The van der Waals surface area contributed by atoms with Crippen LogP contribution in [0, 0.1) is 0 Å². The Morgan fingerprint density at radius 3 is 2.90 bits per heavy atom. The van der Waals surface area contributed by atoms with E-state index in [2.05, 4.69) is 20.5 Å². The standard InChI is InChI=1S/C14H17N5O2/c1-2-13-14(21-10-20-13)7-11(1)19-12(8-16-17-19)9-18-5-3-15-4-6-18/h1-2,7-8,15H,3-6,9-10H2. The van der Waals surface area contributed by atoms with E-state index in [1.54, 1.807) is 0 Å². The highest BCUT2D eigenvalue weighted by Gasteiger charge is 2.17. The Hall–Kier alpha value is -2.12. The molecule has 7 heteroatoms. The highest BCUT2D eigenvalue weighted by molar-refractivity contribution is 5.50. The Bertz CT molecular complexity index is 636. The average molecular weight is 287 g/mol. The van der Waals surface area contributed by atoms with Crippen LogP contribution in [0.2, 0.25) is 0 Å². The lowest BCUT2D eigenvalue weighted by Crippen LogP contribution is -2.43. The van der Waals surface area contributed by atoms with Crippen molar-refractivity contribution in [1.82, 2.24) is 25.2 Å².